The van der Waals surface area contributed by atoms with Gasteiger partial charge in [-0.15, -0.1) is 0 Å². The monoisotopic (exact) mass is 205 g/mol. The van der Waals surface area contributed by atoms with Gasteiger partial charge in [-0.25, -0.2) is 0 Å². The number of ketones is 1. The first-order chi connectivity index (χ1) is 7.09. The van der Waals surface area contributed by atoms with Crippen LogP contribution in [0, 0.1) is 0 Å². The molecule has 4 nitrogen and oxygen atoms in total. The van der Waals surface area contributed by atoms with E-state index < -0.39 is 5.97 Å². The molecule has 78 valence electrons. The Morgan fingerprint density at radius 1 is 1.47 bits per heavy atom. The van der Waals surface area contributed by atoms with Crippen molar-refractivity contribution in [1.82, 2.24) is 4.98 Å². The summed E-state index contributed by atoms with van der Waals surface area (Å²) in [5.74, 6) is -0.946. The number of carbonyl (C=O) groups is 2. The number of aromatic nitrogens is 1. The lowest BCUT2D eigenvalue weighted by molar-refractivity contribution is -0.135. The first-order valence-electron chi connectivity index (χ1n) is 4.44. The van der Waals surface area contributed by atoms with E-state index in [-0.39, 0.29) is 12.2 Å². The van der Waals surface area contributed by atoms with Crippen molar-refractivity contribution in [3.05, 3.63) is 35.7 Å². The van der Waals surface area contributed by atoms with E-state index in [1.54, 1.807) is 18.3 Å². The summed E-state index contributed by atoms with van der Waals surface area (Å²) in [5, 5.41) is 8.41. The Morgan fingerprint density at radius 3 is 2.80 bits per heavy atom. The van der Waals surface area contributed by atoms with Gasteiger partial charge in [0.05, 0.1) is 6.42 Å². The Morgan fingerprint density at radius 2 is 2.20 bits per heavy atom. The number of pyridine rings is 1. The highest BCUT2D eigenvalue weighted by Crippen LogP contribution is 2.05. The molecule has 0 bridgehead atoms. The summed E-state index contributed by atoms with van der Waals surface area (Å²) in [5.41, 5.74) is 1.25. The van der Waals surface area contributed by atoms with Gasteiger partial charge in [-0.1, -0.05) is 12.2 Å². The van der Waals surface area contributed by atoms with Gasteiger partial charge < -0.3 is 5.11 Å². The molecule has 1 aromatic rings. The van der Waals surface area contributed by atoms with Gasteiger partial charge >= 0.3 is 5.97 Å². The van der Waals surface area contributed by atoms with Crippen LogP contribution in [0.2, 0.25) is 0 Å². The van der Waals surface area contributed by atoms with Gasteiger partial charge in [-0.2, -0.15) is 0 Å². The second-order valence-corrected chi connectivity index (χ2v) is 3.06. The van der Waals surface area contributed by atoms with Crippen molar-refractivity contribution in [2.45, 2.75) is 13.3 Å². The average molecular weight is 205 g/mol. The Kier molecular flexibility index (Phi) is 3.74. The number of aliphatic carboxylic acids is 1. The van der Waals surface area contributed by atoms with Crippen molar-refractivity contribution in [1.29, 1.82) is 0 Å². The van der Waals surface area contributed by atoms with E-state index in [0.29, 0.717) is 5.56 Å². The molecule has 0 spiro atoms. The van der Waals surface area contributed by atoms with Crippen molar-refractivity contribution >= 4 is 17.8 Å². The SMILES string of the molecule is CC(=O)c1cncc(C=CCC(=O)O)c1. The van der Waals surface area contributed by atoms with E-state index in [1.807, 2.05) is 0 Å². The summed E-state index contributed by atoms with van der Waals surface area (Å²) in [6, 6.07) is 1.67. The second-order valence-electron chi connectivity index (χ2n) is 3.06. The van der Waals surface area contributed by atoms with Crippen LogP contribution in [-0.4, -0.2) is 21.8 Å². The maximum absolute atomic E-state index is 11.0. The van der Waals surface area contributed by atoms with Crippen LogP contribution in [0.15, 0.2) is 24.5 Å². The first-order valence-corrected chi connectivity index (χ1v) is 4.44. The highest BCUT2D eigenvalue weighted by atomic mass is 16.4. The van der Waals surface area contributed by atoms with Crippen LogP contribution in [0.5, 0.6) is 0 Å². The molecule has 0 amide bonds. The van der Waals surface area contributed by atoms with Crippen LogP contribution >= 0.6 is 0 Å². The fourth-order valence-corrected chi connectivity index (χ4v) is 1.04. The third-order valence-corrected chi connectivity index (χ3v) is 1.77. The summed E-state index contributed by atoms with van der Waals surface area (Å²) < 4.78 is 0. The third kappa shape index (κ3) is 3.72. The summed E-state index contributed by atoms with van der Waals surface area (Å²) in [7, 11) is 0. The molecule has 1 aromatic heterocycles. The van der Waals surface area contributed by atoms with Crippen LogP contribution in [0.25, 0.3) is 6.08 Å². The molecule has 0 aliphatic heterocycles. The molecule has 0 aromatic carbocycles. The van der Waals surface area contributed by atoms with E-state index in [4.69, 9.17) is 5.11 Å². The summed E-state index contributed by atoms with van der Waals surface area (Å²) in [6.45, 7) is 1.46. The van der Waals surface area contributed by atoms with Crippen molar-refractivity contribution in [2.24, 2.45) is 0 Å². The minimum Gasteiger partial charge on any atom is -0.481 e. The van der Waals surface area contributed by atoms with Crippen LogP contribution in [-0.2, 0) is 4.79 Å². The number of hydrogen-bond donors (Lipinski definition) is 1. The number of carboxylic acids is 1. The average Bonchev–Trinajstić information content (AvgIpc) is 2.17. The van der Waals surface area contributed by atoms with Gasteiger partial charge in [0.15, 0.2) is 5.78 Å². The quantitative estimate of drug-likeness (QED) is 0.760. The fraction of sp³-hybridized carbons (Fsp3) is 0.182. The number of hydrogen-bond acceptors (Lipinski definition) is 3. The van der Waals surface area contributed by atoms with E-state index in [9.17, 15) is 9.59 Å². The molecule has 0 saturated carbocycles. The van der Waals surface area contributed by atoms with Gasteiger partial charge in [0, 0.05) is 18.0 Å². The van der Waals surface area contributed by atoms with Gasteiger partial charge in [0.1, 0.15) is 0 Å². The van der Waals surface area contributed by atoms with Crippen LogP contribution < -0.4 is 0 Å². The Balaban J connectivity index is 2.78. The van der Waals surface area contributed by atoms with Crippen molar-refractivity contribution in [2.75, 3.05) is 0 Å². The maximum Gasteiger partial charge on any atom is 0.307 e. The Labute approximate surface area is 87.3 Å². The van der Waals surface area contributed by atoms with Gasteiger partial charge in [-0.3, -0.25) is 14.6 Å². The molecule has 15 heavy (non-hydrogen) atoms. The van der Waals surface area contributed by atoms with Crippen LogP contribution in [0.3, 0.4) is 0 Å². The molecule has 0 saturated heterocycles. The van der Waals surface area contributed by atoms with E-state index >= 15 is 0 Å². The molecule has 1 N–H and O–H groups in total. The molecule has 1 rings (SSSR count). The zero-order chi connectivity index (χ0) is 11.3. The molecule has 4 heteroatoms. The molecular weight excluding hydrogens is 194 g/mol. The van der Waals surface area contributed by atoms with Crippen LogP contribution in [0.4, 0.5) is 0 Å². The van der Waals surface area contributed by atoms with Crippen molar-refractivity contribution < 1.29 is 14.7 Å². The van der Waals surface area contributed by atoms with E-state index in [2.05, 4.69) is 4.98 Å². The second kappa shape index (κ2) is 5.05. The maximum atomic E-state index is 11.0. The lowest BCUT2D eigenvalue weighted by atomic mass is 10.1. The van der Waals surface area contributed by atoms with Gasteiger partial charge in [-0.05, 0) is 18.6 Å². The number of nitrogens with zero attached hydrogens (tertiary/aromatic N) is 1. The molecule has 0 aliphatic rings. The topological polar surface area (TPSA) is 67.3 Å². The summed E-state index contributed by atoms with van der Waals surface area (Å²) in [4.78, 5) is 25.1. The summed E-state index contributed by atoms with van der Waals surface area (Å²) >= 11 is 0. The highest BCUT2D eigenvalue weighted by Gasteiger charge is 1.99. The number of rotatable bonds is 4. The minimum atomic E-state index is -0.887. The van der Waals surface area contributed by atoms with Crippen molar-refractivity contribution in [3.63, 3.8) is 0 Å². The van der Waals surface area contributed by atoms with E-state index in [0.717, 1.165) is 5.56 Å². The molecule has 0 fully saturated rings. The Hall–Kier alpha value is -1.97. The fourth-order valence-electron chi connectivity index (χ4n) is 1.04. The summed E-state index contributed by atoms with van der Waals surface area (Å²) in [6.07, 6.45) is 6.17. The molecular formula is C11H11NO3. The molecule has 1 heterocycles. The van der Waals surface area contributed by atoms with Crippen LogP contribution in [0.1, 0.15) is 29.3 Å². The number of Topliss-reactive ketones (excluding diaryl/α,β-unsaturated/α-hetero) is 1. The lowest BCUT2D eigenvalue weighted by Gasteiger charge is -1.96. The molecule has 0 atom stereocenters. The van der Waals surface area contributed by atoms with Gasteiger partial charge in [0.25, 0.3) is 0 Å². The predicted molar refractivity (Wildman–Crippen MR) is 55.5 cm³/mol. The number of carboxylic acid groups (broad SMARTS) is 1. The molecule has 0 radical (unpaired) electrons. The zero-order valence-electron chi connectivity index (χ0n) is 8.30. The van der Waals surface area contributed by atoms with E-state index in [1.165, 1.54) is 19.2 Å². The largest absolute Gasteiger partial charge is 0.481 e. The third-order valence-electron chi connectivity index (χ3n) is 1.77. The minimum absolute atomic E-state index is 0.0374. The zero-order valence-corrected chi connectivity index (χ0v) is 8.30. The molecule has 0 unspecified atom stereocenters. The lowest BCUT2D eigenvalue weighted by Crippen LogP contribution is -1.93. The molecule has 0 aliphatic carbocycles. The predicted octanol–water partition coefficient (Wildman–Crippen LogP) is 1.77. The van der Waals surface area contributed by atoms with Crippen molar-refractivity contribution in [3.8, 4) is 0 Å². The normalized spacial score (nSPS) is 10.5. The highest BCUT2D eigenvalue weighted by molar-refractivity contribution is 5.94. The smallest absolute Gasteiger partial charge is 0.307 e. The van der Waals surface area contributed by atoms with Gasteiger partial charge in [0.2, 0.25) is 0 Å². The standard InChI is InChI=1S/C11H11NO3/c1-8(13)10-5-9(6-12-7-10)3-2-4-11(14)15/h2-3,5-7H,4H2,1H3,(H,14,15). The first kappa shape index (κ1) is 11.1. The Bertz CT molecular complexity index is 410. The number of carbonyl (C=O) groups excluding carboxylic acids is 1.